The lowest BCUT2D eigenvalue weighted by molar-refractivity contribution is 0.0990. The molecule has 0 amide bonds. The average molecular weight is 429 g/mol. The minimum absolute atomic E-state index is 0.0492. The van der Waals surface area contributed by atoms with Gasteiger partial charge in [0.25, 0.3) is 0 Å². The molecule has 32 heavy (non-hydrogen) atoms. The quantitative estimate of drug-likeness (QED) is 0.446. The molecule has 0 bridgehead atoms. The minimum Gasteiger partial charge on any atom is -0.354 e. The summed E-state index contributed by atoms with van der Waals surface area (Å²) in [7, 11) is 3.95. The maximum absolute atomic E-state index is 12.8. The van der Waals surface area contributed by atoms with Crippen molar-refractivity contribution in [3.05, 3.63) is 60.3 Å². The predicted octanol–water partition coefficient (Wildman–Crippen LogP) is 2.00. The molecule has 4 aromatic rings. The van der Waals surface area contributed by atoms with E-state index in [2.05, 4.69) is 42.1 Å². The summed E-state index contributed by atoms with van der Waals surface area (Å²) in [6.45, 7) is 3.91. The van der Waals surface area contributed by atoms with Gasteiger partial charge in [0.1, 0.15) is 17.3 Å². The third-order valence-corrected chi connectivity index (χ3v) is 5.75. The fourth-order valence-corrected chi connectivity index (χ4v) is 3.81. The van der Waals surface area contributed by atoms with E-state index >= 15 is 0 Å². The van der Waals surface area contributed by atoms with Crippen molar-refractivity contribution in [3.8, 4) is 11.3 Å². The van der Waals surface area contributed by atoms with Crippen molar-refractivity contribution in [3.63, 3.8) is 0 Å². The topological polar surface area (TPSA) is 92.9 Å². The van der Waals surface area contributed by atoms with Crippen molar-refractivity contribution < 1.29 is 4.79 Å². The molecule has 0 N–H and O–H groups in total. The van der Waals surface area contributed by atoms with E-state index in [1.54, 1.807) is 17.1 Å². The third-order valence-electron chi connectivity index (χ3n) is 5.75. The Kier molecular flexibility index (Phi) is 5.32. The van der Waals surface area contributed by atoms with E-state index in [4.69, 9.17) is 0 Å². The highest BCUT2D eigenvalue weighted by Gasteiger charge is 2.16. The smallest absolute Gasteiger partial charge is 0.171 e. The summed E-state index contributed by atoms with van der Waals surface area (Å²) in [5, 5.41) is 9.04. The van der Waals surface area contributed by atoms with Gasteiger partial charge < -0.3 is 9.80 Å². The molecule has 5 rings (SSSR count). The van der Waals surface area contributed by atoms with Crippen LogP contribution in [0, 0.1) is 0 Å². The van der Waals surface area contributed by atoms with E-state index in [1.807, 2.05) is 43.6 Å². The van der Waals surface area contributed by atoms with Crippen molar-refractivity contribution >= 4 is 22.5 Å². The highest BCUT2D eigenvalue weighted by Crippen LogP contribution is 2.21. The zero-order valence-corrected chi connectivity index (χ0v) is 18.1. The zero-order chi connectivity index (χ0) is 22.1. The van der Waals surface area contributed by atoms with Gasteiger partial charge in [0.05, 0.1) is 18.1 Å². The molecule has 1 aliphatic heterocycles. The van der Waals surface area contributed by atoms with Crippen LogP contribution in [0.15, 0.2) is 48.9 Å². The van der Waals surface area contributed by atoms with Gasteiger partial charge in [-0.3, -0.25) is 9.48 Å². The number of hydrogen-bond acceptors (Lipinski definition) is 8. The summed E-state index contributed by atoms with van der Waals surface area (Å²) in [5.74, 6) is 1.35. The van der Waals surface area contributed by atoms with Gasteiger partial charge in [-0.2, -0.15) is 0 Å². The predicted molar refractivity (Wildman–Crippen MR) is 122 cm³/mol. The van der Waals surface area contributed by atoms with E-state index in [1.165, 1.54) is 0 Å². The number of nitrogens with zero attached hydrogens (tertiary/aromatic N) is 8. The van der Waals surface area contributed by atoms with Crippen LogP contribution >= 0.6 is 0 Å². The number of piperazine rings is 1. The second-order valence-corrected chi connectivity index (χ2v) is 8.13. The maximum atomic E-state index is 12.8. The van der Waals surface area contributed by atoms with Gasteiger partial charge >= 0.3 is 0 Å². The van der Waals surface area contributed by atoms with Crippen molar-refractivity contribution in [2.45, 2.75) is 6.42 Å². The number of pyridine rings is 1. The van der Waals surface area contributed by atoms with E-state index < -0.39 is 0 Å². The number of Topliss-reactive ketones (excluding diaryl/α,β-unsaturated/α-hetero) is 1. The SMILES string of the molecule is CN1CCN(c2ccc(C(=O)Cc3ncc4ccc(-c5cn(C)nn5)cc4n3)cn2)CC1. The number of hydrogen-bond donors (Lipinski definition) is 0. The van der Waals surface area contributed by atoms with Gasteiger partial charge in [0, 0.05) is 62.1 Å². The van der Waals surface area contributed by atoms with Crippen molar-refractivity contribution in [2.75, 3.05) is 38.1 Å². The molecule has 0 saturated carbocycles. The van der Waals surface area contributed by atoms with Crippen LogP contribution in [0.5, 0.6) is 0 Å². The number of fused-ring (bicyclic) bond motifs is 1. The molecular formula is C23H24N8O. The van der Waals surface area contributed by atoms with Crippen LogP contribution < -0.4 is 4.90 Å². The second-order valence-electron chi connectivity index (χ2n) is 8.13. The summed E-state index contributed by atoms with van der Waals surface area (Å²) in [6, 6.07) is 9.63. The average Bonchev–Trinajstić information content (AvgIpc) is 3.25. The number of anilines is 1. The number of rotatable bonds is 5. The molecule has 4 heterocycles. The van der Waals surface area contributed by atoms with Gasteiger partial charge in [0.15, 0.2) is 5.78 Å². The standard InChI is InChI=1S/C23H24N8O/c1-29-7-9-31(10-8-29)23-6-5-18(14-25-23)21(32)12-22-24-13-17-4-3-16(11-19(17)26-22)20-15-30(2)28-27-20/h3-6,11,13-15H,7-10,12H2,1-2H3. The number of carbonyl (C=O) groups is 1. The highest BCUT2D eigenvalue weighted by atomic mass is 16.1. The summed E-state index contributed by atoms with van der Waals surface area (Å²) in [6.07, 6.45) is 5.38. The van der Waals surface area contributed by atoms with Crippen molar-refractivity contribution in [1.29, 1.82) is 0 Å². The molecule has 0 spiro atoms. The lowest BCUT2D eigenvalue weighted by atomic mass is 10.1. The molecule has 1 aliphatic rings. The van der Waals surface area contributed by atoms with Crippen LogP contribution in [0.4, 0.5) is 5.82 Å². The van der Waals surface area contributed by atoms with E-state index in [0.717, 1.165) is 54.2 Å². The molecule has 1 saturated heterocycles. The Hall–Kier alpha value is -3.72. The fourth-order valence-electron chi connectivity index (χ4n) is 3.81. The molecular weight excluding hydrogens is 404 g/mol. The van der Waals surface area contributed by atoms with Gasteiger partial charge in [-0.1, -0.05) is 17.3 Å². The number of carbonyl (C=O) groups excluding carboxylic acids is 1. The first kappa shape index (κ1) is 20.2. The Balaban J connectivity index is 1.31. The molecule has 1 fully saturated rings. The normalized spacial score (nSPS) is 14.8. The Bertz CT molecular complexity index is 1260. The molecule has 0 atom stereocenters. The van der Waals surface area contributed by atoms with Crippen molar-refractivity contribution in [2.24, 2.45) is 7.05 Å². The monoisotopic (exact) mass is 428 g/mol. The Morgan fingerprint density at radius 1 is 1.00 bits per heavy atom. The van der Waals surface area contributed by atoms with Crippen LogP contribution in [-0.4, -0.2) is 73.9 Å². The second kappa shape index (κ2) is 8.43. The van der Waals surface area contributed by atoms with Crippen LogP contribution in [0.3, 0.4) is 0 Å². The maximum Gasteiger partial charge on any atom is 0.171 e. The van der Waals surface area contributed by atoms with Crippen LogP contribution in [-0.2, 0) is 13.5 Å². The first-order chi connectivity index (χ1) is 15.5. The molecule has 9 heteroatoms. The van der Waals surface area contributed by atoms with Gasteiger partial charge in [-0.05, 0) is 25.2 Å². The number of aryl methyl sites for hydroxylation is 1. The molecule has 162 valence electrons. The third kappa shape index (κ3) is 4.19. The fraction of sp³-hybridized carbons (Fsp3) is 0.304. The largest absolute Gasteiger partial charge is 0.354 e. The summed E-state index contributed by atoms with van der Waals surface area (Å²) in [4.78, 5) is 30.9. The lowest BCUT2D eigenvalue weighted by Gasteiger charge is -2.33. The lowest BCUT2D eigenvalue weighted by Crippen LogP contribution is -2.44. The number of aromatic nitrogens is 6. The highest BCUT2D eigenvalue weighted by molar-refractivity contribution is 5.97. The molecule has 9 nitrogen and oxygen atoms in total. The molecule has 1 aromatic carbocycles. The van der Waals surface area contributed by atoms with Crippen LogP contribution in [0.1, 0.15) is 16.2 Å². The molecule has 3 aromatic heterocycles. The van der Waals surface area contributed by atoms with Gasteiger partial charge in [-0.25, -0.2) is 15.0 Å². The molecule has 0 unspecified atom stereocenters. The number of ketones is 1. The van der Waals surface area contributed by atoms with Crippen LogP contribution in [0.2, 0.25) is 0 Å². The number of benzene rings is 1. The first-order valence-electron chi connectivity index (χ1n) is 10.6. The van der Waals surface area contributed by atoms with Gasteiger partial charge in [0.2, 0.25) is 0 Å². The van der Waals surface area contributed by atoms with Gasteiger partial charge in [-0.15, -0.1) is 5.10 Å². The van der Waals surface area contributed by atoms with E-state index in [9.17, 15) is 4.79 Å². The summed E-state index contributed by atoms with van der Waals surface area (Å²) >= 11 is 0. The zero-order valence-electron chi connectivity index (χ0n) is 18.1. The molecule has 0 radical (unpaired) electrons. The number of likely N-dealkylation sites (N-methyl/N-ethyl adjacent to an activating group) is 1. The van der Waals surface area contributed by atoms with Crippen LogP contribution in [0.25, 0.3) is 22.2 Å². The van der Waals surface area contributed by atoms with Crippen molar-refractivity contribution in [1.82, 2.24) is 34.8 Å². The molecule has 0 aliphatic carbocycles. The Labute approximate surface area is 185 Å². The first-order valence-corrected chi connectivity index (χ1v) is 10.6. The Morgan fingerprint density at radius 3 is 2.56 bits per heavy atom. The minimum atomic E-state index is -0.0492. The van der Waals surface area contributed by atoms with E-state index in [0.29, 0.717) is 11.4 Å². The van der Waals surface area contributed by atoms with E-state index in [-0.39, 0.29) is 12.2 Å². The summed E-state index contributed by atoms with van der Waals surface area (Å²) < 4.78 is 1.66. The Morgan fingerprint density at radius 2 is 1.84 bits per heavy atom. The summed E-state index contributed by atoms with van der Waals surface area (Å²) in [5.41, 5.74) is 3.04.